The minimum atomic E-state index is -0.138. The number of nitrogens with one attached hydrogen (secondary N) is 1. The molecule has 1 aliphatic heterocycles. The lowest BCUT2D eigenvalue weighted by Crippen LogP contribution is -2.54. The fraction of sp³-hybridized carbons (Fsp3) is 0.846. The van der Waals surface area contributed by atoms with Gasteiger partial charge in [0.25, 0.3) is 0 Å². The zero-order valence-electron chi connectivity index (χ0n) is 10.7. The minimum absolute atomic E-state index is 0.109. The minimum Gasteiger partial charge on any atom is -0.378 e. The summed E-state index contributed by atoms with van der Waals surface area (Å²) in [7, 11) is 0. The van der Waals surface area contributed by atoms with Crippen molar-refractivity contribution in [3.8, 4) is 6.07 Å². The highest BCUT2D eigenvalue weighted by Crippen LogP contribution is 2.19. The van der Waals surface area contributed by atoms with E-state index >= 15 is 0 Å². The molecule has 0 spiro atoms. The number of carbonyl (C=O) groups is 1. The number of ether oxygens (including phenoxy) is 1. The van der Waals surface area contributed by atoms with Crippen LogP contribution >= 0.6 is 0 Å². The Bertz CT molecular complexity index is 323. The molecule has 18 heavy (non-hydrogen) atoms. The number of hydrogen-bond donors (Lipinski definition) is 1. The molecule has 2 aliphatic rings. The van der Waals surface area contributed by atoms with Crippen molar-refractivity contribution < 1.29 is 9.53 Å². The smallest absolute Gasteiger partial charge is 0.239 e. The van der Waals surface area contributed by atoms with Crippen LogP contribution in [0.3, 0.4) is 0 Å². The molecule has 0 aromatic heterocycles. The van der Waals surface area contributed by atoms with E-state index < -0.39 is 0 Å². The van der Waals surface area contributed by atoms with Crippen molar-refractivity contribution in [1.82, 2.24) is 10.2 Å². The standard InChI is InChI=1S/C13H21N3O2/c14-6-2-1-3-7-16-8-9-18-10-12(16)13(17)15-11-4-5-11/h11-12H,1-5,7-10H2,(H,15,17). The fourth-order valence-electron chi connectivity index (χ4n) is 2.19. The van der Waals surface area contributed by atoms with E-state index in [0.29, 0.717) is 25.7 Å². The Hall–Kier alpha value is -1.12. The Morgan fingerprint density at radius 1 is 1.44 bits per heavy atom. The molecule has 1 saturated heterocycles. The molecule has 5 nitrogen and oxygen atoms in total. The largest absolute Gasteiger partial charge is 0.378 e. The molecule has 1 atom stereocenters. The van der Waals surface area contributed by atoms with E-state index in [1.165, 1.54) is 0 Å². The van der Waals surface area contributed by atoms with Crippen LogP contribution < -0.4 is 5.32 Å². The lowest BCUT2D eigenvalue weighted by Gasteiger charge is -2.34. The number of carbonyl (C=O) groups excluding carboxylic acids is 1. The second-order valence-corrected chi connectivity index (χ2v) is 5.02. The van der Waals surface area contributed by atoms with E-state index in [-0.39, 0.29) is 11.9 Å². The van der Waals surface area contributed by atoms with Gasteiger partial charge in [-0.3, -0.25) is 9.69 Å². The van der Waals surface area contributed by atoms with Gasteiger partial charge in [0.15, 0.2) is 0 Å². The second-order valence-electron chi connectivity index (χ2n) is 5.02. The molecule has 1 heterocycles. The second kappa shape index (κ2) is 6.72. The number of hydrogen-bond acceptors (Lipinski definition) is 4. The number of morpholine rings is 1. The van der Waals surface area contributed by atoms with Gasteiger partial charge in [-0.1, -0.05) is 0 Å². The summed E-state index contributed by atoms with van der Waals surface area (Å²) in [5.41, 5.74) is 0. The molecule has 1 N–H and O–H groups in total. The number of nitrogens with zero attached hydrogens (tertiary/aromatic N) is 2. The molecule has 0 bridgehead atoms. The highest BCUT2D eigenvalue weighted by molar-refractivity contribution is 5.82. The fourth-order valence-corrected chi connectivity index (χ4v) is 2.19. The summed E-state index contributed by atoms with van der Waals surface area (Å²) in [6.07, 6.45) is 4.71. The van der Waals surface area contributed by atoms with Crippen LogP contribution in [0.4, 0.5) is 0 Å². The van der Waals surface area contributed by atoms with Crippen LogP contribution in [-0.4, -0.2) is 49.2 Å². The van der Waals surface area contributed by atoms with Crippen LogP contribution in [0.5, 0.6) is 0 Å². The Labute approximate surface area is 108 Å². The summed E-state index contributed by atoms with van der Waals surface area (Å²) in [5.74, 6) is 0.109. The van der Waals surface area contributed by atoms with Crippen LogP contribution in [-0.2, 0) is 9.53 Å². The lowest BCUT2D eigenvalue weighted by atomic mass is 10.1. The van der Waals surface area contributed by atoms with Gasteiger partial charge in [-0.25, -0.2) is 0 Å². The predicted molar refractivity (Wildman–Crippen MR) is 66.8 cm³/mol. The van der Waals surface area contributed by atoms with Crippen molar-refractivity contribution in [3.63, 3.8) is 0 Å². The highest BCUT2D eigenvalue weighted by atomic mass is 16.5. The van der Waals surface area contributed by atoms with E-state index in [0.717, 1.165) is 38.8 Å². The Morgan fingerprint density at radius 2 is 2.28 bits per heavy atom. The van der Waals surface area contributed by atoms with Gasteiger partial charge in [0, 0.05) is 19.0 Å². The van der Waals surface area contributed by atoms with E-state index in [1.807, 2.05) is 0 Å². The molecule has 100 valence electrons. The SMILES string of the molecule is N#CCCCCN1CCOCC1C(=O)NC1CC1. The maximum absolute atomic E-state index is 12.1. The average molecular weight is 251 g/mol. The molecular formula is C13H21N3O2. The van der Waals surface area contributed by atoms with Crippen molar-refractivity contribution in [2.45, 2.75) is 44.2 Å². The first-order chi connectivity index (χ1) is 8.81. The van der Waals surface area contributed by atoms with Crippen molar-refractivity contribution >= 4 is 5.91 Å². The average Bonchev–Trinajstić information content (AvgIpc) is 3.19. The molecule has 1 saturated carbocycles. The third-order valence-electron chi connectivity index (χ3n) is 3.45. The summed E-state index contributed by atoms with van der Waals surface area (Å²) >= 11 is 0. The molecule has 2 fully saturated rings. The van der Waals surface area contributed by atoms with E-state index in [4.69, 9.17) is 10.00 Å². The maximum Gasteiger partial charge on any atom is 0.239 e. The van der Waals surface area contributed by atoms with Crippen molar-refractivity contribution in [3.05, 3.63) is 0 Å². The van der Waals surface area contributed by atoms with E-state index in [1.54, 1.807) is 0 Å². The van der Waals surface area contributed by atoms with Gasteiger partial charge in [0.1, 0.15) is 6.04 Å². The quantitative estimate of drug-likeness (QED) is 0.704. The van der Waals surface area contributed by atoms with Gasteiger partial charge in [-0.2, -0.15) is 5.26 Å². The summed E-state index contributed by atoms with van der Waals surface area (Å²) in [4.78, 5) is 14.3. The van der Waals surface area contributed by atoms with E-state index in [2.05, 4.69) is 16.3 Å². The number of unbranched alkanes of at least 4 members (excludes halogenated alkanes) is 2. The monoisotopic (exact) mass is 251 g/mol. The first-order valence-corrected chi connectivity index (χ1v) is 6.80. The number of amides is 1. The summed E-state index contributed by atoms with van der Waals surface area (Å²) < 4.78 is 5.41. The van der Waals surface area contributed by atoms with Crippen LogP contribution in [0.15, 0.2) is 0 Å². The Morgan fingerprint density at radius 3 is 3.00 bits per heavy atom. The maximum atomic E-state index is 12.1. The van der Waals surface area contributed by atoms with E-state index in [9.17, 15) is 4.79 Å². The molecule has 5 heteroatoms. The molecule has 1 amide bonds. The van der Waals surface area contributed by atoms with Gasteiger partial charge < -0.3 is 10.1 Å². The van der Waals surface area contributed by atoms with Crippen LogP contribution in [0.25, 0.3) is 0 Å². The summed E-state index contributed by atoms with van der Waals surface area (Å²) in [6.45, 7) is 2.89. The molecule has 0 radical (unpaired) electrons. The molecule has 0 aromatic rings. The number of rotatable bonds is 6. The van der Waals surface area contributed by atoms with Crippen molar-refractivity contribution in [2.75, 3.05) is 26.3 Å². The third kappa shape index (κ3) is 3.97. The number of nitriles is 1. The first-order valence-electron chi connectivity index (χ1n) is 6.80. The third-order valence-corrected chi connectivity index (χ3v) is 3.45. The van der Waals surface area contributed by atoms with Crippen LogP contribution in [0.1, 0.15) is 32.1 Å². The summed E-state index contributed by atoms with van der Waals surface area (Å²) in [5, 5.41) is 11.5. The zero-order chi connectivity index (χ0) is 12.8. The van der Waals surface area contributed by atoms with Gasteiger partial charge in [0.05, 0.1) is 19.3 Å². The predicted octanol–water partition coefficient (Wildman–Crippen LogP) is 0.660. The topological polar surface area (TPSA) is 65.4 Å². The molecule has 0 aromatic carbocycles. The molecule has 2 rings (SSSR count). The lowest BCUT2D eigenvalue weighted by molar-refractivity contribution is -0.132. The first kappa shape index (κ1) is 13.3. The molecule has 1 aliphatic carbocycles. The Kier molecular flexibility index (Phi) is 4.97. The van der Waals surface area contributed by atoms with Gasteiger partial charge >= 0.3 is 0 Å². The van der Waals surface area contributed by atoms with Gasteiger partial charge in [-0.05, 0) is 32.2 Å². The van der Waals surface area contributed by atoms with Gasteiger partial charge in [0.2, 0.25) is 5.91 Å². The Balaban J connectivity index is 1.77. The van der Waals surface area contributed by atoms with Crippen LogP contribution in [0.2, 0.25) is 0 Å². The van der Waals surface area contributed by atoms with Crippen molar-refractivity contribution in [1.29, 1.82) is 5.26 Å². The molecule has 1 unspecified atom stereocenters. The zero-order valence-corrected chi connectivity index (χ0v) is 10.7. The highest BCUT2D eigenvalue weighted by Gasteiger charge is 2.32. The van der Waals surface area contributed by atoms with Crippen LogP contribution in [0, 0.1) is 11.3 Å². The normalized spacial score (nSPS) is 24.5. The summed E-state index contributed by atoms with van der Waals surface area (Å²) in [6, 6.07) is 2.42. The van der Waals surface area contributed by atoms with Crippen molar-refractivity contribution in [2.24, 2.45) is 0 Å². The van der Waals surface area contributed by atoms with Gasteiger partial charge in [-0.15, -0.1) is 0 Å². The molecular weight excluding hydrogens is 230 g/mol.